The number of aromatic nitrogens is 1. The molecule has 1 aromatic heterocycles. The van der Waals surface area contributed by atoms with Gasteiger partial charge in [0.15, 0.2) is 0 Å². The lowest BCUT2D eigenvalue weighted by Crippen LogP contribution is -2.52. The summed E-state index contributed by atoms with van der Waals surface area (Å²) >= 11 is 0. The molecule has 3 heterocycles. The van der Waals surface area contributed by atoms with Crippen LogP contribution in [0.15, 0.2) is 24.5 Å². The molecule has 3 fully saturated rings. The zero-order valence-electron chi connectivity index (χ0n) is 21.0. The van der Waals surface area contributed by atoms with Crippen molar-refractivity contribution in [1.82, 2.24) is 25.4 Å². The second-order valence-corrected chi connectivity index (χ2v) is 10.9. The fourth-order valence-electron chi connectivity index (χ4n) is 5.61. The summed E-state index contributed by atoms with van der Waals surface area (Å²) in [6.45, 7) is 7.44. The lowest BCUT2D eigenvalue weighted by molar-refractivity contribution is -0.140. The molecule has 1 aromatic rings. The Kier molecular flexibility index (Phi) is 7.15. The van der Waals surface area contributed by atoms with Gasteiger partial charge in [-0.25, -0.2) is 4.79 Å². The molecule has 4 rings (SSSR count). The quantitative estimate of drug-likeness (QED) is 0.605. The van der Waals surface area contributed by atoms with E-state index in [0.717, 1.165) is 24.2 Å². The molecular formula is C26H37N5O4. The normalized spacial score (nSPS) is 25.6. The number of nitrogens with one attached hydrogen (secondary N) is 2. The predicted octanol–water partition coefficient (Wildman–Crippen LogP) is 2.72. The minimum Gasteiger partial charge on any atom is -0.349 e. The van der Waals surface area contributed by atoms with Gasteiger partial charge in [0.05, 0.1) is 5.56 Å². The molecule has 5 amide bonds. The average molecular weight is 484 g/mol. The minimum absolute atomic E-state index is 0.0331. The topological polar surface area (TPSA) is 112 Å². The van der Waals surface area contributed by atoms with E-state index in [0.29, 0.717) is 50.3 Å². The van der Waals surface area contributed by atoms with Gasteiger partial charge < -0.3 is 15.5 Å². The number of urea groups is 1. The highest BCUT2D eigenvalue weighted by Crippen LogP contribution is 2.45. The number of carbonyl (C=O) groups is 4. The predicted molar refractivity (Wildman–Crippen MR) is 130 cm³/mol. The van der Waals surface area contributed by atoms with Crippen LogP contribution in [0.25, 0.3) is 0 Å². The van der Waals surface area contributed by atoms with Crippen LogP contribution in [0.2, 0.25) is 0 Å². The van der Waals surface area contributed by atoms with Gasteiger partial charge in [0.1, 0.15) is 12.1 Å². The minimum atomic E-state index is -0.860. The van der Waals surface area contributed by atoms with Crippen molar-refractivity contribution < 1.29 is 19.2 Å². The summed E-state index contributed by atoms with van der Waals surface area (Å²) in [6, 6.07) is 2.93. The Morgan fingerprint density at radius 3 is 2.46 bits per heavy atom. The van der Waals surface area contributed by atoms with Gasteiger partial charge in [-0.3, -0.25) is 24.3 Å². The number of carbonyl (C=O) groups excluding carboxylic acids is 4. The average Bonchev–Trinajstić information content (AvgIpc) is 3.09. The van der Waals surface area contributed by atoms with Crippen LogP contribution in [0.1, 0.15) is 76.1 Å². The maximum atomic E-state index is 13.3. The van der Waals surface area contributed by atoms with Gasteiger partial charge in [0.2, 0.25) is 5.91 Å². The van der Waals surface area contributed by atoms with Crippen LogP contribution >= 0.6 is 0 Å². The molecule has 9 nitrogen and oxygen atoms in total. The first kappa shape index (κ1) is 25.1. The molecule has 1 spiro atoms. The van der Waals surface area contributed by atoms with Crippen molar-refractivity contribution in [2.75, 3.05) is 19.6 Å². The fraction of sp³-hybridized carbons (Fsp3) is 0.654. The third-order valence-corrected chi connectivity index (χ3v) is 8.50. The standard InChI is InChI=1S/C26H37N5O4/c1-4-25(2,3)19-7-11-26(12-8-19)23(34)31(24(35)29-26)17-21(32)30-14-9-20(10-15-30)28-22(33)18-6-5-13-27-16-18/h5-6,13,16,19-20H,4,7-12,14-15,17H2,1-3H3,(H,28,33)(H,29,35). The number of piperidine rings is 1. The van der Waals surface area contributed by atoms with Gasteiger partial charge in [-0.15, -0.1) is 0 Å². The molecular weight excluding hydrogens is 446 g/mol. The first-order valence-corrected chi connectivity index (χ1v) is 12.8. The Bertz CT molecular complexity index is 963. The number of hydrogen-bond acceptors (Lipinski definition) is 5. The second-order valence-electron chi connectivity index (χ2n) is 10.9. The molecule has 3 aliphatic rings. The van der Waals surface area contributed by atoms with Crippen LogP contribution < -0.4 is 10.6 Å². The Balaban J connectivity index is 1.28. The molecule has 35 heavy (non-hydrogen) atoms. The van der Waals surface area contributed by atoms with Gasteiger partial charge in [-0.1, -0.05) is 27.2 Å². The summed E-state index contributed by atoms with van der Waals surface area (Å²) in [5.41, 5.74) is -0.140. The fourth-order valence-corrected chi connectivity index (χ4v) is 5.61. The first-order chi connectivity index (χ1) is 16.6. The monoisotopic (exact) mass is 483 g/mol. The number of likely N-dealkylation sites (tertiary alicyclic amines) is 1. The number of nitrogens with zero attached hydrogens (tertiary/aromatic N) is 3. The van der Waals surface area contributed by atoms with Crippen LogP contribution in [0, 0.1) is 11.3 Å². The van der Waals surface area contributed by atoms with Gasteiger partial charge in [-0.2, -0.15) is 0 Å². The van der Waals surface area contributed by atoms with Crippen molar-refractivity contribution in [2.24, 2.45) is 11.3 Å². The van der Waals surface area contributed by atoms with Crippen molar-refractivity contribution in [1.29, 1.82) is 0 Å². The summed E-state index contributed by atoms with van der Waals surface area (Å²) in [5, 5.41) is 5.92. The number of hydrogen-bond donors (Lipinski definition) is 2. The zero-order valence-corrected chi connectivity index (χ0v) is 21.0. The van der Waals surface area contributed by atoms with Gasteiger partial charge >= 0.3 is 6.03 Å². The Labute approximate surface area is 207 Å². The van der Waals surface area contributed by atoms with Gasteiger partial charge in [0.25, 0.3) is 11.8 Å². The number of amides is 5. The lowest BCUT2D eigenvalue weighted by atomic mass is 9.65. The summed E-state index contributed by atoms with van der Waals surface area (Å²) in [6.07, 6.45) is 8.50. The first-order valence-electron chi connectivity index (χ1n) is 12.8. The molecule has 1 saturated carbocycles. The summed E-state index contributed by atoms with van der Waals surface area (Å²) < 4.78 is 0. The van der Waals surface area contributed by atoms with E-state index in [1.165, 1.54) is 6.20 Å². The van der Waals surface area contributed by atoms with E-state index in [4.69, 9.17) is 0 Å². The van der Waals surface area contributed by atoms with Gasteiger partial charge in [-0.05, 0) is 62.0 Å². The Morgan fingerprint density at radius 2 is 1.86 bits per heavy atom. The van der Waals surface area contributed by atoms with E-state index in [1.807, 2.05) is 0 Å². The molecule has 1 aliphatic carbocycles. The summed E-state index contributed by atoms with van der Waals surface area (Å²) in [4.78, 5) is 58.0. The lowest BCUT2D eigenvalue weighted by Gasteiger charge is -2.42. The van der Waals surface area contributed by atoms with Crippen LogP contribution in [-0.2, 0) is 9.59 Å². The van der Waals surface area contributed by atoms with Crippen LogP contribution in [0.5, 0.6) is 0 Å². The van der Waals surface area contributed by atoms with Crippen molar-refractivity contribution in [3.63, 3.8) is 0 Å². The molecule has 2 aliphatic heterocycles. The van der Waals surface area contributed by atoms with E-state index in [1.54, 1.807) is 23.2 Å². The molecule has 0 unspecified atom stereocenters. The zero-order chi connectivity index (χ0) is 25.2. The molecule has 190 valence electrons. The van der Waals surface area contributed by atoms with E-state index in [-0.39, 0.29) is 35.7 Å². The maximum absolute atomic E-state index is 13.3. The highest BCUT2D eigenvalue weighted by molar-refractivity contribution is 6.09. The summed E-state index contributed by atoms with van der Waals surface area (Å²) in [7, 11) is 0. The van der Waals surface area contributed by atoms with E-state index in [9.17, 15) is 19.2 Å². The van der Waals surface area contributed by atoms with Crippen molar-refractivity contribution in [3.05, 3.63) is 30.1 Å². The molecule has 9 heteroatoms. The van der Waals surface area contributed by atoms with Crippen LogP contribution in [-0.4, -0.2) is 69.8 Å². The highest BCUT2D eigenvalue weighted by Gasteiger charge is 2.54. The smallest absolute Gasteiger partial charge is 0.325 e. The second kappa shape index (κ2) is 9.95. The molecule has 2 N–H and O–H groups in total. The van der Waals surface area contributed by atoms with Crippen LogP contribution in [0.3, 0.4) is 0 Å². The number of imide groups is 1. The molecule has 2 saturated heterocycles. The third-order valence-electron chi connectivity index (χ3n) is 8.50. The van der Waals surface area contributed by atoms with Crippen molar-refractivity contribution in [3.8, 4) is 0 Å². The third kappa shape index (κ3) is 5.18. The highest BCUT2D eigenvalue weighted by atomic mass is 16.2. The SMILES string of the molecule is CCC(C)(C)C1CCC2(CC1)NC(=O)N(CC(=O)N1CCC(NC(=O)c3cccnc3)CC1)C2=O. The van der Waals surface area contributed by atoms with Crippen molar-refractivity contribution in [2.45, 2.75) is 77.3 Å². The van der Waals surface area contributed by atoms with Crippen molar-refractivity contribution >= 4 is 23.8 Å². The van der Waals surface area contributed by atoms with E-state index < -0.39 is 11.6 Å². The Morgan fingerprint density at radius 1 is 1.17 bits per heavy atom. The molecule has 0 aromatic carbocycles. The maximum Gasteiger partial charge on any atom is 0.325 e. The van der Waals surface area contributed by atoms with Crippen LogP contribution in [0.4, 0.5) is 4.79 Å². The molecule has 0 bridgehead atoms. The molecule has 0 radical (unpaired) electrons. The molecule has 0 atom stereocenters. The van der Waals surface area contributed by atoms with E-state index in [2.05, 4.69) is 36.4 Å². The summed E-state index contributed by atoms with van der Waals surface area (Å²) in [5.74, 6) is -0.145. The van der Waals surface area contributed by atoms with E-state index >= 15 is 0 Å². The number of rotatable bonds is 6. The Hall–Kier alpha value is -2.97. The largest absolute Gasteiger partial charge is 0.349 e. The number of pyridine rings is 1. The van der Waals surface area contributed by atoms with Gasteiger partial charge in [0, 0.05) is 31.5 Å².